The number of hydrogen-bond donors (Lipinski definition) is 1. The highest BCUT2D eigenvalue weighted by Crippen LogP contribution is 2.35. The van der Waals surface area contributed by atoms with Crippen LogP contribution >= 0.6 is 11.3 Å². The molecule has 0 amide bonds. The second-order valence-corrected chi connectivity index (χ2v) is 7.55. The third kappa shape index (κ3) is 3.04. The number of hydrogen-bond acceptors (Lipinski definition) is 3. The smallest absolute Gasteiger partial charge is 0.0247 e. The summed E-state index contributed by atoms with van der Waals surface area (Å²) >= 11 is 1.94. The Hall–Kier alpha value is -0.380. The molecule has 3 heteroatoms. The van der Waals surface area contributed by atoms with Crippen molar-refractivity contribution in [1.82, 2.24) is 10.2 Å². The molecule has 106 valence electrons. The fourth-order valence-corrected chi connectivity index (χ4v) is 4.27. The van der Waals surface area contributed by atoms with Crippen LogP contribution in [0.1, 0.15) is 37.1 Å². The lowest BCUT2D eigenvalue weighted by molar-refractivity contribution is 0.0514. The molecule has 2 aliphatic rings. The summed E-state index contributed by atoms with van der Waals surface area (Å²) in [5, 5.41) is 5.91. The molecule has 0 saturated heterocycles. The lowest BCUT2D eigenvalue weighted by Gasteiger charge is -2.46. The quantitative estimate of drug-likeness (QED) is 0.890. The highest BCUT2D eigenvalue weighted by Gasteiger charge is 2.36. The second kappa shape index (κ2) is 5.94. The van der Waals surface area contributed by atoms with Gasteiger partial charge < -0.3 is 5.32 Å². The van der Waals surface area contributed by atoms with Crippen LogP contribution < -0.4 is 5.32 Å². The van der Waals surface area contributed by atoms with E-state index >= 15 is 0 Å². The van der Waals surface area contributed by atoms with Crippen LogP contribution in [0.2, 0.25) is 0 Å². The van der Waals surface area contributed by atoms with E-state index in [2.05, 4.69) is 35.5 Å². The van der Waals surface area contributed by atoms with Gasteiger partial charge in [-0.05, 0) is 61.2 Å². The molecule has 0 aromatic carbocycles. The Kier molecular flexibility index (Phi) is 4.25. The maximum atomic E-state index is 3.65. The topological polar surface area (TPSA) is 15.3 Å². The second-order valence-electron chi connectivity index (χ2n) is 6.55. The van der Waals surface area contributed by atoms with Crippen molar-refractivity contribution in [3.05, 3.63) is 21.9 Å². The van der Waals surface area contributed by atoms with Crippen LogP contribution in [-0.4, -0.2) is 30.6 Å². The minimum atomic E-state index is 0.766. The van der Waals surface area contributed by atoms with Gasteiger partial charge in [0.1, 0.15) is 0 Å². The third-order valence-corrected chi connectivity index (χ3v) is 5.67. The molecule has 1 aromatic rings. The Balaban J connectivity index is 1.50. The maximum Gasteiger partial charge on any atom is 0.0247 e. The Bertz CT molecular complexity index is 413. The number of fused-ring (bicyclic) bond motifs is 1. The summed E-state index contributed by atoms with van der Waals surface area (Å²) in [7, 11) is 0. The predicted molar refractivity (Wildman–Crippen MR) is 82.7 cm³/mol. The van der Waals surface area contributed by atoms with E-state index in [0.29, 0.717) is 0 Å². The van der Waals surface area contributed by atoms with Crippen molar-refractivity contribution in [2.45, 2.75) is 45.7 Å². The number of nitrogens with one attached hydrogen (secondary N) is 1. The molecule has 1 fully saturated rings. The average molecular weight is 278 g/mol. The average Bonchev–Trinajstić information content (AvgIpc) is 2.80. The van der Waals surface area contributed by atoms with Crippen molar-refractivity contribution < 1.29 is 0 Å². The summed E-state index contributed by atoms with van der Waals surface area (Å²) in [6.07, 6.45) is 4.10. The summed E-state index contributed by atoms with van der Waals surface area (Å²) in [6, 6.07) is 3.17. The zero-order chi connectivity index (χ0) is 13.2. The van der Waals surface area contributed by atoms with E-state index in [-0.39, 0.29) is 0 Å². The molecule has 1 aromatic heterocycles. The number of rotatable bonds is 5. The first-order chi connectivity index (χ1) is 9.24. The maximum absolute atomic E-state index is 3.65. The Labute approximate surface area is 121 Å². The summed E-state index contributed by atoms with van der Waals surface area (Å²) in [5.41, 5.74) is 1.59. The molecule has 0 bridgehead atoms. The molecule has 0 radical (unpaired) electrons. The Morgan fingerprint density at radius 1 is 1.42 bits per heavy atom. The van der Waals surface area contributed by atoms with Crippen molar-refractivity contribution in [1.29, 1.82) is 0 Å². The highest BCUT2D eigenvalue weighted by atomic mass is 32.1. The van der Waals surface area contributed by atoms with Crippen molar-refractivity contribution in [3.63, 3.8) is 0 Å². The van der Waals surface area contributed by atoms with Gasteiger partial charge in [-0.1, -0.05) is 13.8 Å². The zero-order valence-electron chi connectivity index (χ0n) is 12.2. The van der Waals surface area contributed by atoms with E-state index in [4.69, 9.17) is 0 Å². The summed E-state index contributed by atoms with van der Waals surface area (Å²) in [6.45, 7) is 9.43. The van der Waals surface area contributed by atoms with Gasteiger partial charge in [0.15, 0.2) is 0 Å². The van der Waals surface area contributed by atoms with Gasteiger partial charge in [0, 0.05) is 24.0 Å². The molecule has 2 nitrogen and oxygen atoms in total. The van der Waals surface area contributed by atoms with Crippen LogP contribution in [0, 0.1) is 11.8 Å². The van der Waals surface area contributed by atoms with E-state index in [9.17, 15) is 0 Å². The first-order valence-corrected chi connectivity index (χ1v) is 8.62. The fourth-order valence-electron chi connectivity index (χ4n) is 3.38. The van der Waals surface area contributed by atoms with E-state index in [1.165, 1.54) is 38.9 Å². The van der Waals surface area contributed by atoms with Crippen molar-refractivity contribution in [3.8, 4) is 0 Å². The molecule has 0 spiro atoms. The molecular weight excluding hydrogens is 252 g/mol. The van der Waals surface area contributed by atoms with Crippen molar-refractivity contribution in [2.24, 2.45) is 11.8 Å². The summed E-state index contributed by atoms with van der Waals surface area (Å²) < 4.78 is 0. The lowest BCUT2D eigenvalue weighted by Crippen LogP contribution is -2.51. The normalized spacial score (nSPS) is 27.3. The van der Waals surface area contributed by atoms with Gasteiger partial charge in [-0.3, -0.25) is 4.90 Å². The van der Waals surface area contributed by atoms with Crippen LogP contribution in [0.5, 0.6) is 0 Å². The molecule has 3 rings (SSSR count). The Morgan fingerprint density at radius 3 is 3.05 bits per heavy atom. The molecule has 19 heavy (non-hydrogen) atoms. The highest BCUT2D eigenvalue weighted by molar-refractivity contribution is 7.10. The van der Waals surface area contributed by atoms with Crippen LogP contribution in [0.4, 0.5) is 0 Å². The SMILES string of the molecule is CC(C)CNCC1CCC1N1CCc2sccc2C1. The van der Waals surface area contributed by atoms with Crippen LogP contribution in [0.15, 0.2) is 11.4 Å². The van der Waals surface area contributed by atoms with Crippen LogP contribution in [0.3, 0.4) is 0 Å². The monoisotopic (exact) mass is 278 g/mol. The summed E-state index contributed by atoms with van der Waals surface area (Å²) in [5.74, 6) is 1.65. The van der Waals surface area contributed by atoms with Gasteiger partial charge in [-0.25, -0.2) is 0 Å². The van der Waals surface area contributed by atoms with E-state index < -0.39 is 0 Å². The van der Waals surface area contributed by atoms with Crippen molar-refractivity contribution >= 4 is 11.3 Å². The van der Waals surface area contributed by atoms with E-state index in [1.54, 1.807) is 10.4 Å². The molecule has 2 atom stereocenters. The predicted octanol–water partition coefficient (Wildman–Crippen LogP) is 3.13. The van der Waals surface area contributed by atoms with Crippen LogP contribution in [0.25, 0.3) is 0 Å². The molecule has 2 heterocycles. The van der Waals surface area contributed by atoms with Gasteiger partial charge in [0.2, 0.25) is 0 Å². The fraction of sp³-hybridized carbons (Fsp3) is 0.750. The Morgan fingerprint density at radius 2 is 2.32 bits per heavy atom. The molecule has 1 aliphatic heterocycles. The van der Waals surface area contributed by atoms with E-state index in [0.717, 1.165) is 24.4 Å². The molecular formula is C16H26N2S. The molecule has 1 saturated carbocycles. The number of nitrogens with zero attached hydrogens (tertiary/aromatic N) is 1. The molecule has 1 aliphatic carbocycles. The van der Waals surface area contributed by atoms with Gasteiger partial charge in [-0.15, -0.1) is 11.3 Å². The third-order valence-electron chi connectivity index (χ3n) is 4.64. The van der Waals surface area contributed by atoms with Gasteiger partial charge >= 0.3 is 0 Å². The zero-order valence-corrected chi connectivity index (χ0v) is 13.0. The molecule has 2 unspecified atom stereocenters. The first-order valence-electron chi connectivity index (χ1n) is 7.74. The first kappa shape index (κ1) is 13.6. The van der Waals surface area contributed by atoms with E-state index in [1.807, 2.05) is 11.3 Å². The van der Waals surface area contributed by atoms with Gasteiger partial charge in [0.25, 0.3) is 0 Å². The standard InChI is InChI=1S/C16H26N2S/c1-12(2)9-17-10-13-3-4-15(13)18-7-5-16-14(11-18)6-8-19-16/h6,8,12-13,15,17H,3-5,7,9-11H2,1-2H3. The van der Waals surface area contributed by atoms with Crippen LogP contribution in [-0.2, 0) is 13.0 Å². The summed E-state index contributed by atoms with van der Waals surface area (Å²) in [4.78, 5) is 4.37. The minimum absolute atomic E-state index is 0.766. The molecule has 1 N–H and O–H groups in total. The lowest BCUT2D eigenvalue weighted by atomic mass is 9.77. The minimum Gasteiger partial charge on any atom is -0.316 e. The largest absolute Gasteiger partial charge is 0.316 e. The van der Waals surface area contributed by atoms with Gasteiger partial charge in [0.05, 0.1) is 0 Å². The van der Waals surface area contributed by atoms with Crippen molar-refractivity contribution in [2.75, 3.05) is 19.6 Å². The van der Waals surface area contributed by atoms with Gasteiger partial charge in [-0.2, -0.15) is 0 Å². The number of thiophene rings is 1.